The molecule has 8 nitrogen and oxygen atoms in total. The maximum Gasteiger partial charge on any atom is 0.325 e. The second-order valence-electron chi connectivity index (χ2n) is 12.8. The predicted molar refractivity (Wildman–Crippen MR) is 142 cm³/mol. The lowest BCUT2D eigenvalue weighted by Crippen LogP contribution is -2.63. The van der Waals surface area contributed by atoms with Gasteiger partial charge in [0.2, 0.25) is 5.91 Å². The fourth-order valence-corrected chi connectivity index (χ4v) is 6.84. The van der Waals surface area contributed by atoms with Gasteiger partial charge in [-0.3, -0.25) is 25.5 Å². The molecular weight excluding hydrogens is 454 g/mol. The average molecular weight is 506 g/mol. The van der Waals surface area contributed by atoms with E-state index in [0.717, 1.165) is 44.7 Å². The zero-order valence-electron chi connectivity index (χ0n) is 22.9. The Bertz CT molecular complexity index is 704. The molecule has 4 rings (SSSR count). The van der Waals surface area contributed by atoms with E-state index in [0.29, 0.717) is 17.9 Å². The molecule has 4 aliphatic rings. The van der Waals surface area contributed by atoms with Gasteiger partial charge in [-0.15, -0.1) is 0 Å². The van der Waals surface area contributed by atoms with E-state index in [9.17, 15) is 9.59 Å². The minimum atomic E-state index is -0.525. The third-order valence-electron chi connectivity index (χ3n) is 8.70. The number of likely N-dealkylation sites (tertiary alicyclic amines) is 1. The smallest absolute Gasteiger partial charge is 0.325 e. The van der Waals surface area contributed by atoms with Gasteiger partial charge >= 0.3 is 5.97 Å². The Kier molecular flexibility index (Phi) is 10.1. The number of nitrogens with zero attached hydrogens (tertiary/aromatic N) is 1. The maximum atomic E-state index is 12.5. The standard InChI is InChI=1S/C28H51N5O3/c1-28(2,3)36-25(34)18-29-26(35)22-11-9-21(10-12-22)23-16-30-27(31-17-23)32-24-8-6-7-20(15-24)19-33-13-4-5-14-33/h20-24,27,30-32H,4-19H2,1-3H3,(H,29,35). The maximum absolute atomic E-state index is 12.5. The third-order valence-corrected chi connectivity index (χ3v) is 8.70. The van der Waals surface area contributed by atoms with Crippen molar-refractivity contribution >= 4 is 11.9 Å². The molecule has 4 N–H and O–H groups in total. The van der Waals surface area contributed by atoms with Gasteiger partial charge in [-0.25, -0.2) is 0 Å². The molecule has 2 unspecified atom stereocenters. The van der Waals surface area contributed by atoms with Gasteiger partial charge in [-0.1, -0.05) is 6.42 Å². The Morgan fingerprint density at radius 1 is 0.917 bits per heavy atom. The first-order chi connectivity index (χ1) is 17.2. The summed E-state index contributed by atoms with van der Waals surface area (Å²) in [6.07, 6.45) is 12.3. The van der Waals surface area contributed by atoms with Gasteiger partial charge in [0.1, 0.15) is 18.4 Å². The summed E-state index contributed by atoms with van der Waals surface area (Å²) in [6.45, 7) is 11.5. The molecule has 0 aromatic carbocycles. The van der Waals surface area contributed by atoms with Gasteiger partial charge in [0.25, 0.3) is 0 Å². The zero-order valence-corrected chi connectivity index (χ0v) is 22.9. The normalized spacial score (nSPS) is 34.3. The van der Waals surface area contributed by atoms with Crippen LogP contribution in [0.2, 0.25) is 0 Å². The quantitative estimate of drug-likeness (QED) is 0.377. The molecule has 0 radical (unpaired) electrons. The summed E-state index contributed by atoms with van der Waals surface area (Å²) in [5, 5.41) is 14.1. The van der Waals surface area contributed by atoms with Crippen molar-refractivity contribution in [3.63, 3.8) is 0 Å². The Labute approximate surface area is 218 Å². The minimum absolute atomic E-state index is 0.000940. The van der Waals surface area contributed by atoms with E-state index in [1.807, 2.05) is 20.8 Å². The summed E-state index contributed by atoms with van der Waals surface area (Å²) in [5.74, 6) is 1.76. The lowest BCUT2D eigenvalue weighted by atomic mass is 9.75. The molecular formula is C28H51N5O3. The number of ether oxygens (including phenoxy) is 1. The summed E-state index contributed by atoms with van der Waals surface area (Å²) in [4.78, 5) is 27.1. The molecule has 1 amide bonds. The van der Waals surface area contributed by atoms with Crippen LogP contribution in [-0.2, 0) is 14.3 Å². The fourth-order valence-electron chi connectivity index (χ4n) is 6.84. The molecule has 2 saturated carbocycles. The monoisotopic (exact) mass is 505 g/mol. The van der Waals surface area contributed by atoms with Crippen LogP contribution in [0.15, 0.2) is 0 Å². The first-order valence-electron chi connectivity index (χ1n) is 14.7. The first kappa shape index (κ1) is 27.8. The number of amides is 1. The zero-order chi connectivity index (χ0) is 25.5. The van der Waals surface area contributed by atoms with Crippen LogP contribution in [0.1, 0.15) is 85.0 Å². The number of rotatable bonds is 8. The van der Waals surface area contributed by atoms with Crippen molar-refractivity contribution in [2.45, 2.75) is 103 Å². The SMILES string of the molecule is CC(C)(C)OC(=O)CNC(=O)C1CCC(C2CNC(NC3CCCC(CN4CCCC4)C3)NC2)CC1. The molecule has 36 heavy (non-hydrogen) atoms. The summed E-state index contributed by atoms with van der Waals surface area (Å²) in [5.41, 5.74) is -0.525. The van der Waals surface area contributed by atoms with Crippen LogP contribution in [0, 0.1) is 23.7 Å². The number of carbonyl (C=O) groups is 2. The van der Waals surface area contributed by atoms with Crippen molar-refractivity contribution in [1.29, 1.82) is 0 Å². The van der Waals surface area contributed by atoms with Crippen molar-refractivity contribution in [3.05, 3.63) is 0 Å². The Balaban J connectivity index is 1.10. The lowest BCUT2D eigenvalue weighted by Gasteiger charge is -2.41. The molecule has 2 heterocycles. The molecule has 4 fully saturated rings. The van der Waals surface area contributed by atoms with Crippen molar-refractivity contribution in [1.82, 2.24) is 26.2 Å². The largest absolute Gasteiger partial charge is 0.459 e. The Hall–Kier alpha value is -1.22. The number of hydrogen-bond acceptors (Lipinski definition) is 7. The van der Waals surface area contributed by atoms with Crippen LogP contribution >= 0.6 is 0 Å². The van der Waals surface area contributed by atoms with Gasteiger partial charge in [-0.05, 0) is 109 Å². The Morgan fingerprint density at radius 2 is 1.61 bits per heavy atom. The molecule has 206 valence electrons. The van der Waals surface area contributed by atoms with Crippen molar-refractivity contribution in [2.24, 2.45) is 23.7 Å². The Morgan fingerprint density at radius 3 is 2.28 bits per heavy atom. The second-order valence-corrected chi connectivity index (χ2v) is 12.8. The highest BCUT2D eigenvalue weighted by atomic mass is 16.6. The van der Waals surface area contributed by atoms with Crippen LogP contribution in [-0.4, -0.2) is 74.0 Å². The lowest BCUT2D eigenvalue weighted by molar-refractivity contribution is -0.154. The fraction of sp³-hybridized carbons (Fsp3) is 0.929. The second kappa shape index (κ2) is 13.0. The van der Waals surface area contributed by atoms with E-state index in [4.69, 9.17) is 4.74 Å². The van der Waals surface area contributed by atoms with Crippen molar-refractivity contribution < 1.29 is 14.3 Å². The van der Waals surface area contributed by atoms with Gasteiger partial charge in [0.05, 0.1) is 0 Å². The van der Waals surface area contributed by atoms with E-state index < -0.39 is 5.60 Å². The number of carbonyl (C=O) groups excluding carboxylic acids is 2. The van der Waals surface area contributed by atoms with Crippen LogP contribution in [0.4, 0.5) is 0 Å². The number of nitrogens with one attached hydrogen (secondary N) is 4. The summed E-state index contributed by atoms with van der Waals surface area (Å²) >= 11 is 0. The van der Waals surface area contributed by atoms with Crippen molar-refractivity contribution in [2.75, 3.05) is 39.3 Å². The number of hydrogen-bond donors (Lipinski definition) is 4. The van der Waals surface area contributed by atoms with Crippen LogP contribution < -0.4 is 21.3 Å². The van der Waals surface area contributed by atoms with E-state index in [1.165, 1.54) is 58.2 Å². The highest BCUT2D eigenvalue weighted by molar-refractivity contribution is 5.83. The van der Waals surface area contributed by atoms with E-state index >= 15 is 0 Å². The molecule has 2 aliphatic heterocycles. The average Bonchev–Trinajstić information content (AvgIpc) is 3.35. The van der Waals surface area contributed by atoms with Gasteiger partial charge < -0.3 is 15.0 Å². The minimum Gasteiger partial charge on any atom is -0.459 e. The highest BCUT2D eigenvalue weighted by Crippen LogP contribution is 2.34. The van der Waals surface area contributed by atoms with Gasteiger partial charge in [0.15, 0.2) is 0 Å². The molecule has 0 aromatic rings. The summed E-state index contributed by atoms with van der Waals surface area (Å²) in [6, 6.07) is 0.613. The highest BCUT2D eigenvalue weighted by Gasteiger charge is 2.34. The molecule has 2 saturated heterocycles. The molecule has 8 heteroatoms. The van der Waals surface area contributed by atoms with Crippen LogP contribution in [0.5, 0.6) is 0 Å². The first-order valence-corrected chi connectivity index (χ1v) is 14.7. The molecule has 0 bridgehead atoms. The molecule has 2 aliphatic carbocycles. The molecule has 0 spiro atoms. The van der Waals surface area contributed by atoms with E-state index in [1.54, 1.807) is 0 Å². The summed E-state index contributed by atoms with van der Waals surface area (Å²) in [7, 11) is 0. The van der Waals surface area contributed by atoms with Gasteiger partial charge in [-0.2, -0.15) is 0 Å². The van der Waals surface area contributed by atoms with Crippen LogP contribution in [0.3, 0.4) is 0 Å². The van der Waals surface area contributed by atoms with Crippen LogP contribution in [0.25, 0.3) is 0 Å². The third kappa shape index (κ3) is 8.67. The molecule has 2 atom stereocenters. The van der Waals surface area contributed by atoms with Gasteiger partial charge in [0, 0.05) is 31.6 Å². The van der Waals surface area contributed by atoms with Crippen molar-refractivity contribution in [3.8, 4) is 0 Å². The van der Waals surface area contributed by atoms with E-state index in [-0.39, 0.29) is 30.6 Å². The topological polar surface area (TPSA) is 94.7 Å². The predicted octanol–water partition coefficient (Wildman–Crippen LogP) is 2.59. The van der Waals surface area contributed by atoms with E-state index in [2.05, 4.69) is 26.2 Å². The summed E-state index contributed by atoms with van der Waals surface area (Å²) < 4.78 is 5.29. The number of esters is 1. The molecule has 0 aromatic heterocycles.